The molecular formula is C44H43ClFN7O7S. The van der Waals surface area contributed by atoms with Crippen LogP contribution in [-0.2, 0) is 35.6 Å². The Morgan fingerprint density at radius 2 is 1.79 bits per heavy atom. The smallest absolute Gasteiger partial charge is 0.345 e. The molecule has 316 valence electrons. The highest BCUT2D eigenvalue weighted by atomic mass is 35.5. The summed E-state index contributed by atoms with van der Waals surface area (Å²) in [4.78, 5) is 37.0. The van der Waals surface area contributed by atoms with Crippen LogP contribution in [0.2, 0.25) is 5.02 Å². The van der Waals surface area contributed by atoms with E-state index in [4.69, 9.17) is 30.8 Å². The van der Waals surface area contributed by atoms with Gasteiger partial charge in [0, 0.05) is 93.5 Å². The maximum absolute atomic E-state index is 14.2. The van der Waals surface area contributed by atoms with E-state index in [-0.39, 0.29) is 35.6 Å². The lowest BCUT2D eigenvalue weighted by atomic mass is 9.97. The highest BCUT2D eigenvalue weighted by Crippen LogP contribution is 2.51. The second-order valence-electron chi connectivity index (χ2n) is 15.5. The lowest BCUT2D eigenvalue weighted by Gasteiger charge is -2.33. The lowest BCUT2D eigenvalue weighted by molar-refractivity contribution is -0.145. The van der Waals surface area contributed by atoms with Gasteiger partial charge in [-0.3, -0.25) is 9.80 Å². The minimum absolute atomic E-state index is 0.0000540. The second kappa shape index (κ2) is 17.9. The van der Waals surface area contributed by atoms with Gasteiger partial charge in [0.15, 0.2) is 0 Å². The van der Waals surface area contributed by atoms with Gasteiger partial charge in [0.25, 0.3) is 0 Å². The van der Waals surface area contributed by atoms with E-state index in [0.29, 0.717) is 119 Å². The number of carbonyl (C=O) groups is 1. The number of fused-ring (bicyclic) bond motifs is 6. The van der Waals surface area contributed by atoms with Crippen LogP contribution in [0.25, 0.3) is 31.8 Å². The summed E-state index contributed by atoms with van der Waals surface area (Å²) in [5, 5.41) is 34.5. The van der Waals surface area contributed by atoms with Gasteiger partial charge in [0.05, 0.1) is 22.7 Å². The van der Waals surface area contributed by atoms with Crippen molar-refractivity contribution >= 4 is 39.1 Å². The first-order valence-corrected chi connectivity index (χ1v) is 21.3. The number of nitrogens with zero attached hydrogens (tertiary/aromatic N) is 7. The molecular weight excluding hydrogens is 825 g/mol. The third-order valence-corrected chi connectivity index (χ3v) is 12.9. The quantitative estimate of drug-likeness (QED) is 0.139. The number of piperazine rings is 1. The fourth-order valence-electron chi connectivity index (χ4n) is 8.07. The number of aliphatic carboxylic acids is 1. The Balaban J connectivity index is 1.14. The Morgan fingerprint density at radius 3 is 2.57 bits per heavy atom. The van der Waals surface area contributed by atoms with Crippen LogP contribution in [-0.4, -0.2) is 115 Å². The van der Waals surface area contributed by atoms with Gasteiger partial charge in [-0.1, -0.05) is 48.0 Å². The van der Waals surface area contributed by atoms with E-state index >= 15 is 0 Å². The van der Waals surface area contributed by atoms with E-state index in [1.54, 1.807) is 30.5 Å². The van der Waals surface area contributed by atoms with E-state index in [2.05, 4.69) is 24.8 Å². The summed E-state index contributed by atoms with van der Waals surface area (Å²) in [5.74, 6) is -0.513. The van der Waals surface area contributed by atoms with Crippen molar-refractivity contribution in [1.29, 1.82) is 0 Å². The fourth-order valence-corrected chi connectivity index (χ4v) is 9.45. The maximum Gasteiger partial charge on any atom is 0.345 e. The molecule has 6 aromatic rings. The molecule has 14 nitrogen and oxygen atoms in total. The highest BCUT2D eigenvalue weighted by molar-refractivity contribution is 7.22. The number of hydrogen-bond donors (Lipinski definition) is 3. The van der Waals surface area contributed by atoms with Gasteiger partial charge >= 0.3 is 5.97 Å². The van der Waals surface area contributed by atoms with Crippen LogP contribution >= 0.6 is 22.9 Å². The molecule has 2 saturated heterocycles. The highest BCUT2D eigenvalue weighted by Gasteiger charge is 2.30. The van der Waals surface area contributed by atoms with Crippen molar-refractivity contribution in [2.75, 3.05) is 52.5 Å². The lowest BCUT2D eigenvalue weighted by Crippen LogP contribution is -2.47. The van der Waals surface area contributed by atoms with E-state index in [0.717, 1.165) is 18.5 Å². The number of aromatic hydroxyl groups is 1. The topological polar surface area (TPSA) is 167 Å². The van der Waals surface area contributed by atoms with E-state index in [1.165, 1.54) is 34.9 Å². The molecule has 0 aliphatic carbocycles. The monoisotopic (exact) mass is 867 g/mol. The minimum atomic E-state index is -1.43. The van der Waals surface area contributed by atoms with Gasteiger partial charge < -0.3 is 29.6 Å². The van der Waals surface area contributed by atoms with E-state index in [1.807, 2.05) is 24.3 Å². The zero-order valence-corrected chi connectivity index (χ0v) is 34.6. The molecule has 0 saturated carbocycles. The molecule has 3 aromatic carbocycles. The third-order valence-electron chi connectivity index (χ3n) is 11.4. The van der Waals surface area contributed by atoms with Crippen molar-refractivity contribution in [3.05, 3.63) is 112 Å². The van der Waals surface area contributed by atoms with Gasteiger partial charge in [0.2, 0.25) is 12.0 Å². The average molecular weight is 868 g/mol. The molecule has 0 spiro atoms. The van der Waals surface area contributed by atoms with Crippen molar-refractivity contribution in [3.8, 4) is 38.9 Å². The summed E-state index contributed by atoms with van der Waals surface area (Å²) >= 11 is 8.37. The SMILES string of the molecule is O=C(O)[C@H]1Cc2cc(ccc2OCc2ccnc([C@@H]3CCOC3)n2)CN(CCN2CCN(O)CC2)Cc2ccc(c(O)c2Cl)-c2c(-c3ccc(F)cc3)sc3ncnc(c23)O1. The summed E-state index contributed by atoms with van der Waals surface area (Å²) in [6, 6.07) is 17.2. The number of carboxylic acid groups (broad SMARTS) is 1. The molecule has 7 heterocycles. The number of ether oxygens (including phenoxy) is 3. The fraction of sp³-hybridized carbons (Fsp3) is 0.341. The van der Waals surface area contributed by atoms with Gasteiger partial charge in [-0.2, -0.15) is 5.06 Å². The van der Waals surface area contributed by atoms with Crippen molar-refractivity contribution in [2.45, 2.75) is 44.6 Å². The predicted molar refractivity (Wildman–Crippen MR) is 226 cm³/mol. The molecule has 0 unspecified atom stereocenters. The zero-order valence-electron chi connectivity index (χ0n) is 33.0. The number of phenols is 1. The standard InChI is InChI=1S/C44H43ClFN7O7S/c45-38-28-4-7-33(39(38)54)36-37-42(48-25-49-43(37)61-40(36)27-2-5-31(46)6-3-27)60-35(44(55)56)20-30-19-26(21-52(22-28)13-12-51-14-16-53(57)17-15-51)1-8-34(30)59-24-32-9-11-47-41(50-32)29-10-18-58-23-29/h1-9,11,19,25,29,35,54,57H,10,12-18,20-24H2,(H,55,56)/t29-,35-/m1/s1. The van der Waals surface area contributed by atoms with E-state index < -0.39 is 17.9 Å². The molecule has 17 heteroatoms. The molecule has 0 amide bonds. The molecule has 0 radical (unpaired) electrons. The first kappa shape index (κ1) is 41.0. The van der Waals surface area contributed by atoms with Crippen LogP contribution in [0.5, 0.6) is 17.4 Å². The van der Waals surface area contributed by atoms with Gasteiger partial charge in [-0.15, -0.1) is 11.3 Å². The van der Waals surface area contributed by atoms with E-state index in [9.17, 15) is 24.6 Å². The number of carboxylic acids is 1. The van der Waals surface area contributed by atoms with Gasteiger partial charge in [-0.25, -0.2) is 29.1 Å². The summed E-state index contributed by atoms with van der Waals surface area (Å²) in [6.45, 7) is 6.08. The number of hydrogen-bond acceptors (Lipinski definition) is 14. The third kappa shape index (κ3) is 9.02. The predicted octanol–water partition coefficient (Wildman–Crippen LogP) is 6.79. The zero-order chi connectivity index (χ0) is 42.0. The van der Waals surface area contributed by atoms with Gasteiger partial charge in [-0.05, 0) is 52.9 Å². The summed E-state index contributed by atoms with van der Waals surface area (Å²) in [7, 11) is 0. The largest absolute Gasteiger partial charge is 0.506 e. The molecule has 4 bridgehead atoms. The van der Waals surface area contributed by atoms with Crippen molar-refractivity contribution < 1.29 is 38.8 Å². The first-order valence-electron chi connectivity index (χ1n) is 20.1. The van der Waals surface area contributed by atoms with Crippen LogP contribution in [0.4, 0.5) is 4.39 Å². The maximum atomic E-state index is 14.2. The Morgan fingerprint density at radius 1 is 0.967 bits per heavy atom. The Bertz CT molecular complexity index is 2550. The Labute approximate surface area is 359 Å². The molecule has 3 aromatic heterocycles. The van der Waals surface area contributed by atoms with Crippen molar-refractivity contribution in [2.24, 2.45) is 0 Å². The number of aromatic nitrogens is 4. The van der Waals surface area contributed by atoms with Crippen molar-refractivity contribution in [1.82, 2.24) is 34.8 Å². The second-order valence-corrected chi connectivity index (χ2v) is 16.8. The number of hydroxylamine groups is 2. The number of rotatable bonds is 9. The summed E-state index contributed by atoms with van der Waals surface area (Å²) in [5.41, 5.74) is 4.37. The number of thiophene rings is 1. The molecule has 4 aliphatic rings. The Kier molecular flexibility index (Phi) is 12.1. The molecule has 2 fully saturated rings. The van der Waals surface area contributed by atoms with Crippen LogP contribution in [0.3, 0.4) is 0 Å². The van der Waals surface area contributed by atoms with Crippen LogP contribution in [0.1, 0.15) is 40.5 Å². The first-order chi connectivity index (χ1) is 29.7. The number of benzene rings is 3. The molecule has 61 heavy (non-hydrogen) atoms. The minimum Gasteiger partial charge on any atom is -0.506 e. The Hall–Kier alpha value is -5.33. The van der Waals surface area contributed by atoms with Gasteiger partial charge in [0.1, 0.15) is 40.9 Å². The van der Waals surface area contributed by atoms with Crippen LogP contribution < -0.4 is 9.47 Å². The molecule has 2 atom stereocenters. The molecule has 3 N–H and O–H groups in total. The normalized spacial score (nSPS) is 19.0. The molecule has 10 rings (SSSR count). The van der Waals surface area contributed by atoms with Crippen LogP contribution in [0, 0.1) is 5.82 Å². The summed E-state index contributed by atoms with van der Waals surface area (Å²) < 4.78 is 32.6. The number of phenolic OH excluding ortho intramolecular Hbond substituents is 1. The number of halogens is 2. The van der Waals surface area contributed by atoms with Crippen LogP contribution in [0.15, 0.2) is 73.2 Å². The average Bonchev–Trinajstić information content (AvgIpc) is 3.95. The molecule has 4 aliphatic heterocycles. The van der Waals surface area contributed by atoms with Crippen molar-refractivity contribution in [3.63, 3.8) is 0 Å². The summed E-state index contributed by atoms with van der Waals surface area (Å²) in [6.07, 6.45) is 2.35.